The normalized spacial score (nSPS) is 11.2. The van der Waals surface area contributed by atoms with Crippen molar-refractivity contribution >= 4 is 5.96 Å². The second-order valence-electron chi connectivity index (χ2n) is 6.56. The van der Waals surface area contributed by atoms with Crippen LogP contribution in [-0.4, -0.2) is 46.5 Å². The maximum Gasteiger partial charge on any atom is 0.191 e. The average Bonchev–Trinajstić information content (AvgIpc) is 2.76. The van der Waals surface area contributed by atoms with Crippen molar-refractivity contribution < 1.29 is 14.2 Å². The lowest BCUT2D eigenvalue weighted by atomic mass is 10.1. The molecule has 0 atom stereocenters. The highest BCUT2D eigenvalue weighted by Gasteiger charge is 2.01. The van der Waals surface area contributed by atoms with Gasteiger partial charge >= 0.3 is 0 Å². The smallest absolute Gasteiger partial charge is 0.191 e. The number of hydrogen-bond donors (Lipinski definition) is 2. The fourth-order valence-corrected chi connectivity index (χ4v) is 2.76. The van der Waals surface area contributed by atoms with Crippen molar-refractivity contribution in [3.8, 4) is 11.5 Å². The number of nitrogens with one attached hydrogen (secondary N) is 2. The Morgan fingerprint density at radius 3 is 2.48 bits per heavy atom. The highest BCUT2D eigenvalue weighted by atomic mass is 16.5. The Kier molecular flexibility index (Phi) is 10.5. The number of ether oxygens (including phenoxy) is 3. The van der Waals surface area contributed by atoms with Gasteiger partial charge in [0, 0.05) is 33.2 Å². The van der Waals surface area contributed by atoms with Gasteiger partial charge in [0.1, 0.15) is 11.5 Å². The molecule has 6 heteroatoms. The van der Waals surface area contributed by atoms with Crippen LogP contribution in [0.2, 0.25) is 0 Å². The molecular weight excluding hydrogens is 366 g/mol. The van der Waals surface area contributed by atoms with Crippen LogP contribution in [0.3, 0.4) is 0 Å². The molecule has 0 aliphatic carbocycles. The molecule has 0 saturated carbocycles. The monoisotopic (exact) mass is 399 g/mol. The summed E-state index contributed by atoms with van der Waals surface area (Å²) in [5, 5.41) is 6.69. The summed E-state index contributed by atoms with van der Waals surface area (Å²) in [5.41, 5.74) is 2.37. The summed E-state index contributed by atoms with van der Waals surface area (Å²) in [7, 11) is 3.38. The van der Waals surface area contributed by atoms with Crippen LogP contribution in [0, 0.1) is 0 Å². The molecule has 0 heterocycles. The molecule has 2 aromatic rings. The van der Waals surface area contributed by atoms with E-state index in [4.69, 9.17) is 19.2 Å². The SMILES string of the molecule is CCNC(=NCc1cccc(OCCCOC)c1)NCCc1ccc(OC)cc1. The van der Waals surface area contributed by atoms with Crippen LogP contribution < -0.4 is 20.1 Å². The van der Waals surface area contributed by atoms with Gasteiger partial charge < -0.3 is 24.8 Å². The van der Waals surface area contributed by atoms with Gasteiger partial charge in [-0.3, -0.25) is 0 Å². The summed E-state index contributed by atoms with van der Waals surface area (Å²) in [6, 6.07) is 16.2. The zero-order chi connectivity index (χ0) is 20.7. The van der Waals surface area contributed by atoms with Crippen molar-refractivity contribution in [3.05, 3.63) is 59.7 Å². The molecule has 2 N–H and O–H groups in total. The molecule has 0 unspecified atom stereocenters. The van der Waals surface area contributed by atoms with Crippen LogP contribution >= 0.6 is 0 Å². The van der Waals surface area contributed by atoms with Gasteiger partial charge in [0.05, 0.1) is 20.3 Å². The topological polar surface area (TPSA) is 64.1 Å². The summed E-state index contributed by atoms with van der Waals surface area (Å²) < 4.78 is 16.0. The molecule has 0 aliphatic rings. The molecule has 0 aliphatic heterocycles. The van der Waals surface area contributed by atoms with Gasteiger partial charge in [-0.05, 0) is 48.7 Å². The Labute approximate surface area is 174 Å². The maximum absolute atomic E-state index is 5.76. The van der Waals surface area contributed by atoms with Gasteiger partial charge in [-0.2, -0.15) is 0 Å². The van der Waals surface area contributed by atoms with Gasteiger partial charge in [0.15, 0.2) is 5.96 Å². The van der Waals surface area contributed by atoms with E-state index in [-0.39, 0.29) is 0 Å². The quantitative estimate of drug-likeness (QED) is 0.325. The molecule has 2 rings (SSSR count). The molecule has 0 amide bonds. The highest BCUT2D eigenvalue weighted by Crippen LogP contribution is 2.14. The van der Waals surface area contributed by atoms with Crippen molar-refractivity contribution in [1.82, 2.24) is 10.6 Å². The minimum atomic E-state index is 0.590. The number of methoxy groups -OCH3 is 2. The van der Waals surface area contributed by atoms with Gasteiger partial charge in [0.25, 0.3) is 0 Å². The molecule has 0 spiro atoms. The number of benzene rings is 2. The first-order valence-corrected chi connectivity index (χ1v) is 10.1. The molecule has 0 saturated heterocycles. The first kappa shape index (κ1) is 22.6. The van der Waals surface area contributed by atoms with Crippen LogP contribution in [0.1, 0.15) is 24.5 Å². The minimum absolute atomic E-state index is 0.590. The van der Waals surface area contributed by atoms with Crippen LogP contribution in [0.4, 0.5) is 0 Å². The molecule has 29 heavy (non-hydrogen) atoms. The van der Waals surface area contributed by atoms with E-state index in [1.165, 1.54) is 5.56 Å². The second kappa shape index (κ2) is 13.4. The van der Waals surface area contributed by atoms with Crippen LogP contribution in [0.15, 0.2) is 53.5 Å². The summed E-state index contributed by atoms with van der Waals surface area (Å²) in [6.45, 7) is 5.63. The minimum Gasteiger partial charge on any atom is -0.497 e. The van der Waals surface area contributed by atoms with Crippen molar-refractivity contribution in [1.29, 1.82) is 0 Å². The Balaban J connectivity index is 1.84. The molecule has 2 aromatic carbocycles. The van der Waals surface area contributed by atoms with E-state index in [0.29, 0.717) is 19.8 Å². The molecular formula is C23H33N3O3. The second-order valence-corrected chi connectivity index (χ2v) is 6.56. The number of rotatable bonds is 12. The largest absolute Gasteiger partial charge is 0.497 e. The summed E-state index contributed by atoms with van der Waals surface area (Å²) in [6.07, 6.45) is 1.79. The molecule has 0 fully saturated rings. The van der Waals surface area contributed by atoms with Crippen molar-refractivity contribution in [3.63, 3.8) is 0 Å². The van der Waals surface area contributed by atoms with Gasteiger partial charge in [-0.1, -0.05) is 24.3 Å². The lowest BCUT2D eigenvalue weighted by molar-refractivity contribution is 0.172. The van der Waals surface area contributed by atoms with Crippen LogP contribution in [0.5, 0.6) is 11.5 Å². The molecule has 158 valence electrons. The van der Waals surface area contributed by atoms with E-state index in [9.17, 15) is 0 Å². The predicted octanol–water partition coefficient (Wildman–Crippen LogP) is 3.41. The number of nitrogens with zero attached hydrogens (tertiary/aromatic N) is 1. The third-order valence-electron chi connectivity index (χ3n) is 4.29. The average molecular weight is 400 g/mol. The zero-order valence-corrected chi connectivity index (χ0v) is 17.7. The van der Waals surface area contributed by atoms with Gasteiger partial charge in [-0.25, -0.2) is 4.99 Å². The van der Waals surface area contributed by atoms with E-state index < -0.39 is 0 Å². The predicted molar refractivity (Wildman–Crippen MR) is 118 cm³/mol. The van der Waals surface area contributed by atoms with Crippen LogP contribution in [-0.2, 0) is 17.7 Å². The molecule has 0 aromatic heterocycles. The number of aliphatic imine (C=N–C) groups is 1. The van der Waals surface area contributed by atoms with E-state index >= 15 is 0 Å². The maximum atomic E-state index is 5.76. The number of hydrogen-bond acceptors (Lipinski definition) is 4. The third-order valence-corrected chi connectivity index (χ3v) is 4.29. The van der Waals surface area contributed by atoms with E-state index in [1.54, 1.807) is 14.2 Å². The first-order chi connectivity index (χ1) is 14.2. The van der Waals surface area contributed by atoms with Gasteiger partial charge in [-0.15, -0.1) is 0 Å². The molecule has 6 nitrogen and oxygen atoms in total. The first-order valence-electron chi connectivity index (χ1n) is 10.1. The van der Waals surface area contributed by atoms with E-state index in [1.807, 2.05) is 30.3 Å². The fourth-order valence-electron chi connectivity index (χ4n) is 2.76. The molecule has 0 bridgehead atoms. The highest BCUT2D eigenvalue weighted by molar-refractivity contribution is 5.79. The Hall–Kier alpha value is -2.73. The Morgan fingerprint density at radius 1 is 0.931 bits per heavy atom. The lowest BCUT2D eigenvalue weighted by Crippen LogP contribution is -2.38. The van der Waals surface area contributed by atoms with Crippen molar-refractivity contribution in [2.24, 2.45) is 4.99 Å². The summed E-state index contributed by atoms with van der Waals surface area (Å²) in [4.78, 5) is 4.69. The van der Waals surface area contributed by atoms with Crippen molar-refractivity contribution in [2.45, 2.75) is 26.3 Å². The third kappa shape index (κ3) is 8.87. The fraction of sp³-hybridized carbons (Fsp3) is 0.435. The van der Waals surface area contributed by atoms with E-state index in [0.717, 1.165) is 49.0 Å². The Bertz CT molecular complexity index is 732. The van der Waals surface area contributed by atoms with Gasteiger partial charge in [0.2, 0.25) is 0 Å². The van der Waals surface area contributed by atoms with Crippen molar-refractivity contribution in [2.75, 3.05) is 40.5 Å². The standard InChI is InChI=1S/C23H33N3O3/c1-4-24-23(25-14-13-19-9-11-21(28-3)12-10-19)26-18-20-7-5-8-22(17-20)29-16-6-15-27-2/h5,7-12,17H,4,6,13-16,18H2,1-3H3,(H2,24,25,26). The summed E-state index contributed by atoms with van der Waals surface area (Å²) in [5.74, 6) is 2.56. The Morgan fingerprint density at radius 2 is 1.76 bits per heavy atom. The summed E-state index contributed by atoms with van der Waals surface area (Å²) >= 11 is 0. The number of guanidine groups is 1. The molecule has 0 radical (unpaired) electrons. The van der Waals surface area contributed by atoms with E-state index in [2.05, 4.69) is 35.8 Å². The van der Waals surface area contributed by atoms with Crippen LogP contribution in [0.25, 0.3) is 0 Å². The lowest BCUT2D eigenvalue weighted by Gasteiger charge is -2.12. The zero-order valence-electron chi connectivity index (χ0n) is 17.7.